The number of benzene rings is 2. The topological polar surface area (TPSA) is 100 Å². The molecule has 1 atom stereocenters. The van der Waals surface area contributed by atoms with Crippen LogP contribution in [0.1, 0.15) is 12.5 Å². The van der Waals surface area contributed by atoms with Gasteiger partial charge in [-0.3, -0.25) is 20.4 Å². The molecule has 1 unspecified atom stereocenters. The summed E-state index contributed by atoms with van der Waals surface area (Å²) >= 11 is 0. The van der Waals surface area contributed by atoms with Gasteiger partial charge in [-0.2, -0.15) is 5.26 Å². The Kier molecular flexibility index (Phi) is 6.51. The molecule has 134 valence electrons. The summed E-state index contributed by atoms with van der Waals surface area (Å²) in [6, 6.07) is 14.0. The summed E-state index contributed by atoms with van der Waals surface area (Å²) in [5.41, 5.74) is 4.60. The summed E-state index contributed by atoms with van der Waals surface area (Å²) in [7, 11) is 0. The number of nitrogens with zero attached hydrogens (tertiary/aromatic N) is 1. The highest BCUT2D eigenvalue weighted by Crippen LogP contribution is 2.17. The number of amides is 2. The average molecular weight is 357 g/mol. The highest BCUT2D eigenvalue weighted by Gasteiger charge is 2.17. The lowest BCUT2D eigenvalue weighted by molar-refractivity contribution is -0.133. The van der Waals surface area contributed by atoms with E-state index < -0.39 is 30.3 Å². The Labute approximate surface area is 149 Å². The van der Waals surface area contributed by atoms with Gasteiger partial charge in [-0.05, 0) is 31.2 Å². The molecule has 0 aliphatic carbocycles. The lowest BCUT2D eigenvalue weighted by atomic mass is 10.2. The molecule has 0 saturated carbocycles. The van der Waals surface area contributed by atoms with E-state index in [2.05, 4.69) is 10.9 Å². The molecule has 0 aromatic heterocycles. The van der Waals surface area contributed by atoms with Crippen molar-refractivity contribution in [3.8, 4) is 17.6 Å². The second-order valence-corrected chi connectivity index (χ2v) is 5.12. The summed E-state index contributed by atoms with van der Waals surface area (Å²) in [5.74, 6) is -1.71. The third kappa shape index (κ3) is 5.21. The minimum atomic E-state index is -1.03. The molecule has 0 radical (unpaired) electrons. The van der Waals surface area contributed by atoms with E-state index in [0.717, 1.165) is 0 Å². The van der Waals surface area contributed by atoms with Crippen LogP contribution >= 0.6 is 0 Å². The van der Waals surface area contributed by atoms with E-state index in [1.54, 1.807) is 30.3 Å². The number of hydrogen-bond acceptors (Lipinski definition) is 5. The third-order valence-corrected chi connectivity index (χ3v) is 3.20. The van der Waals surface area contributed by atoms with Gasteiger partial charge in [0.1, 0.15) is 11.8 Å². The molecular formula is C18H16FN3O4. The highest BCUT2D eigenvalue weighted by molar-refractivity contribution is 5.85. The largest absolute Gasteiger partial charge is 0.482 e. The number of hydrogen-bond donors (Lipinski definition) is 2. The number of para-hydroxylation sites is 2. The van der Waals surface area contributed by atoms with Crippen LogP contribution in [0.4, 0.5) is 4.39 Å². The van der Waals surface area contributed by atoms with Crippen molar-refractivity contribution >= 4 is 11.8 Å². The number of halogens is 1. The smallest absolute Gasteiger partial charge is 0.279 e. The van der Waals surface area contributed by atoms with E-state index in [1.165, 1.54) is 25.1 Å². The molecule has 0 spiro atoms. The average Bonchev–Trinajstić information content (AvgIpc) is 2.66. The van der Waals surface area contributed by atoms with Crippen LogP contribution in [-0.2, 0) is 9.59 Å². The van der Waals surface area contributed by atoms with Gasteiger partial charge in [0.2, 0.25) is 0 Å². The lowest BCUT2D eigenvalue weighted by Gasteiger charge is -2.15. The van der Waals surface area contributed by atoms with Gasteiger partial charge in [-0.25, -0.2) is 4.39 Å². The summed E-state index contributed by atoms with van der Waals surface area (Å²) in [6.45, 7) is 1.01. The van der Waals surface area contributed by atoms with E-state index in [-0.39, 0.29) is 17.1 Å². The molecule has 2 N–H and O–H groups in total. The van der Waals surface area contributed by atoms with Crippen molar-refractivity contribution in [2.24, 2.45) is 0 Å². The minimum Gasteiger partial charge on any atom is -0.482 e. The molecule has 0 heterocycles. The second-order valence-electron chi connectivity index (χ2n) is 5.12. The molecule has 0 fully saturated rings. The van der Waals surface area contributed by atoms with Gasteiger partial charge in [0.05, 0.1) is 5.56 Å². The predicted molar refractivity (Wildman–Crippen MR) is 89.4 cm³/mol. The predicted octanol–water partition coefficient (Wildman–Crippen LogP) is 1.69. The van der Waals surface area contributed by atoms with E-state index in [1.807, 2.05) is 6.07 Å². The summed E-state index contributed by atoms with van der Waals surface area (Å²) in [6.07, 6.45) is -1.03. The van der Waals surface area contributed by atoms with Crippen molar-refractivity contribution < 1.29 is 23.5 Å². The van der Waals surface area contributed by atoms with Crippen LogP contribution in [0.3, 0.4) is 0 Å². The van der Waals surface area contributed by atoms with Crippen molar-refractivity contribution in [2.45, 2.75) is 13.0 Å². The first-order chi connectivity index (χ1) is 12.5. The Morgan fingerprint density at radius 1 is 1.12 bits per heavy atom. The Hall–Kier alpha value is -3.60. The van der Waals surface area contributed by atoms with Crippen molar-refractivity contribution in [2.75, 3.05) is 6.61 Å². The quantitative estimate of drug-likeness (QED) is 0.767. The summed E-state index contributed by atoms with van der Waals surface area (Å²) < 4.78 is 23.9. The van der Waals surface area contributed by atoms with E-state index in [0.29, 0.717) is 0 Å². The van der Waals surface area contributed by atoms with Crippen molar-refractivity contribution in [1.29, 1.82) is 5.26 Å². The fourth-order valence-corrected chi connectivity index (χ4v) is 1.88. The number of nitrogens with one attached hydrogen (secondary N) is 2. The number of nitriles is 1. The van der Waals surface area contributed by atoms with Crippen molar-refractivity contribution in [3.05, 3.63) is 59.9 Å². The Morgan fingerprint density at radius 3 is 2.46 bits per heavy atom. The van der Waals surface area contributed by atoms with Gasteiger partial charge in [-0.1, -0.05) is 24.3 Å². The standard InChI is InChI=1S/C18H16FN3O4/c1-12(26-16-9-5-3-7-14(16)19)18(24)22-21-17(23)11-25-15-8-4-2-6-13(15)10-20/h2-9,12H,11H2,1H3,(H,21,23)(H,22,24). The van der Waals surface area contributed by atoms with E-state index >= 15 is 0 Å². The summed E-state index contributed by atoms with van der Waals surface area (Å²) in [4.78, 5) is 23.6. The molecule has 8 heteroatoms. The van der Waals surface area contributed by atoms with Crippen LogP contribution in [0.25, 0.3) is 0 Å². The molecule has 0 aliphatic heterocycles. The molecular weight excluding hydrogens is 341 g/mol. The normalized spacial score (nSPS) is 11.0. The van der Waals surface area contributed by atoms with Crippen LogP contribution in [0.15, 0.2) is 48.5 Å². The van der Waals surface area contributed by atoms with Gasteiger partial charge in [0.25, 0.3) is 11.8 Å². The van der Waals surface area contributed by atoms with Crippen LogP contribution in [-0.4, -0.2) is 24.5 Å². The highest BCUT2D eigenvalue weighted by atomic mass is 19.1. The number of carbonyl (C=O) groups is 2. The SMILES string of the molecule is CC(Oc1ccccc1F)C(=O)NNC(=O)COc1ccccc1C#N. The molecule has 2 rings (SSSR count). The zero-order valence-corrected chi connectivity index (χ0v) is 13.9. The molecule has 0 saturated heterocycles. The maximum absolute atomic E-state index is 13.5. The van der Waals surface area contributed by atoms with Gasteiger partial charge in [0.15, 0.2) is 24.3 Å². The fraction of sp³-hybridized carbons (Fsp3) is 0.167. The minimum absolute atomic E-state index is 0.0714. The fourth-order valence-electron chi connectivity index (χ4n) is 1.88. The first-order valence-corrected chi connectivity index (χ1v) is 7.63. The first-order valence-electron chi connectivity index (χ1n) is 7.63. The van der Waals surface area contributed by atoms with Crippen molar-refractivity contribution in [1.82, 2.24) is 10.9 Å². The number of ether oxygens (including phenoxy) is 2. The van der Waals surface area contributed by atoms with Gasteiger partial charge < -0.3 is 9.47 Å². The monoisotopic (exact) mass is 357 g/mol. The molecule has 2 aromatic carbocycles. The van der Waals surface area contributed by atoms with Crippen molar-refractivity contribution in [3.63, 3.8) is 0 Å². The third-order valence-electron chi connectivity index (χ3n) is 3.20. The number of carbonyl (C=O) groups excluding carboxylic acids is 2. The number of rotatable bonds is 6. The Balaban J connectivity index is 1.78. The van der Waals surface area contributed by atoms with Crippen LogP contribution in [0, 0.1) is 17.1 Å². The zero-order chi connectivity index (χ0) is 18.9. The maximum atomic E-state index is 13.5. The van der Waals surface area contributed by atoms with E-state index in [4.69, 9.17) is 14.7 Å². The summed E-state index contributed by atoms with van der Waals surface area (Å²) in [5, 5.41) is 8.93. The molecule has 0 aliphatic rings. The molecule has 0 bridgehead atoms. The van der Waals surface area contributed by atoms with Gasteiger partial charge in [0, 0.05) is 0 Å². The maximum Gasteiger partial charge on any atom is 0.279 e. The zero-order valence-electron chi connectivity index (χ0n) is 13.9. The van der Waals surface area contributed by atoms with Gasteiger partial charge >= 0.3 is 0 Å². The lowest BCUT2D eigenvalue weighted by Crippen LogP contribution is -2.48. The van der Waals surface area contributed by atoms with Crippen LogP contribution < -0.4 is 20.3 Å². The molecule has 7 nitrogen and oxygen atoms in total. The molecule has 26 heavy (non-hydrogen) atoms. The Morgan fingerprint density at radius 2 is 1.77 bits per heavy atom. The van der Waals surface area contributed by atoms with Crippen LogP contribution in [0.5, 0.6) is 11.5 Å². The van der Waals surface area contributed by atoms with Gasteiger partial charge in [-0.15, -0.1) is 0 Å². The Bertz CT molecular complexity index is 835. The first kappa shape index (κ1) is 18.7. The van der Waals surface area contributed by atoms with Crippen LogP contribution in [0.2, 0.25) is 0 Å². The van der Waals surface area contributed by atoms with E-state index in [9.17, 15) is 14.0 Å². The number of hydrazine groups is 1. The molecule has 2 aromatic rings. The second kappa shape index (κ2) is 9.03. The molecule has 2 amide bonds.